The van der Waals surface area contributed by atoms with Gasteiger partial charge in [-0.1, -0.05) is 29.8 Å². The van der Waals surface area contributed by atoms with E-state index < -0.39 is 28.3 Å². The molecule has 2 aromatic rings. The lowest BCUT2D eigenvalue weighted by molar-refractivity contribution is -0.126. The van der Waals surface area contributed by atoms with E-state index in [1.807, 2.05) is 6.07 Å². The number of nitrogens with one attached hydrogen (secondary N) is 2. The van der Waals surface area contributed by atoms with Crippen LogP contribution < -0.4 is 15.0 Å². The van der Waals surface area contributed by atoms with Crippen molar-refractivity contribution in [2.24, 2.45) is 5.10 Å². The predicted octanol–water partition coefficient (Wildman–Crippen LogP) is 2.50. The third kappa shape index (κ3) is 8.08. The van der Waals surface area contributed by atoms with Crippen molar-refractivity contribution in [1.29, 1.82) is 5.26 Å². The molecule has 0 bridgehead atoms. The molecule has 9 nitrogen and oxygen atoms in total. The molecule has 11 heteroatoms. The third-order valence-electron chi connectivity index (χ3n) is 3.84. The van der Waals surface area contributed by atoms with Crippen LogP contribution in [0.1, 0.15) is 18.4 Å². The lowest BCUT2D eigenvalue weighted by Crippen LogP contribution is -2.30. The number of amides is 2. The van der Waals surface area contributed by atoms with Crippen molar-refractivity contribution in [3.63, 3.8) is 0 Å². The highest BCUT2D eigenvalue weighted by atomic mass is 35.5. The van der Waals surface area contributed by atoms with Gasteiger partial charge in [0.05, 0.1) is 30.6 Å². The fourth-order valence-corrected chi connectivity index (χ4v) is 3.62. The summed E-state index contributed by atoms with van der Waals surface area (Å²) < 4.78 is 24.9. The fourth-order valence-electron chi connectivity index (χ4n) is 2.50. The average Bonchev–Trinajstić information content (AvgIpc) is 2.68. The number of carbonyl (C=O) groups excluding carboxylic acids is 2. The zero-order valence-electron chi connectivity index (χ0n) is 16.6. The Morgan fingerprint density at radius 2 is 1.90 bits per heavy atom. The number of anilines is 2. The highest BCUT2D eigenvalue weighted by Crippen LogP contribution is 2.18. The quantitative estimate of drug-likeness (QED) is 0.336. The van der Waals surface area contributed by atoms with E-state index in [2.05, 4.69) is 15.8 Å². The molecular formula is C20H20ClN5O4S. The molecule has 0 spiro atoms. The van der Waals surface area contributed by atoms with E-state index in [-0.39, 0.29) is 13.0 Å². The third-order valence-corrected chi connectivity index (χ3v) is 5.27. The van der Waals surface area contributed by atoms with Crippen LogP contribution in [0, 0.1) is 11.3 Å². The van der Waals surface area contributed by atoms with E-state index in [1.54, 1.807) is 48.5 Å². The molecule has 0 aliphatic rings. The largest absolute Gasteiger partial charge is 0.326 e. The topological polar surface area (TPSA) is 132 Å². The van der Waals surface area contributed by atoms with Crippen molar-refractivity contribution in [3.05, 3.63) is 59.1 Å². The summed E-state index contributed by atoms with van der Waals surface area (Å²) in [6.07, 6.45) is 2.06. The van der Waals surface area contributed by atoms with Gasteiger partial charge >= 0.3 is 0 Å². The van der Waals surface area contributed by atoms with Crippen molar-refractivity contribution in [2.75, 3.05) is 22.4 Å². The molecule has 0 saturated carbocycles. The summed E-state index contributed by atoms with van der Waals surface area (Å²) in [6, 6.07) is 14.8. The molecule has 0 saturated heterocycles. The van der Waals surface area contributed by atoms with Gasteiger partial charge in [0, 0.05) is 17.3 Å². The molecule has 2 amide bonds. The first-order chi connectivity index (χ1) is 14.7. The number of nitriles is 1. The molecule has 162 valence electrons. The van der Waals surface area contributed by atoms with E-state index >= 15 is 0 Å². The normalized spacial score (nSPS) is 11.0. The molecule has 0 aromatic heterocycles. The first kappa shape index (κ1) is 23.9. The van der Waals surface area contributed by atoms with Crippen LogP contribution in [0.2, 0.25) is 5.02 Å². The molecule has 0 aliphatic heterocycles. The summed E-state index contributed by atoms with van der Waals surface area (Å²) in [6.45, 7) is 0.0517. The van der Waals surface area contributed by atoms with Gasteiger partial charge in [0.15, 0.2) is 0 Å². The van der Waals surface area contributed by atoms with Gasteiger partial charge in [0.25, 0.3) is 0 Å². The maximum Gasteiger partial charge on any atom is 0.249 e. The minimum atomic E-state index is -3.52. The van der Waals surface area contributed by atoms with E-state index in [0.29, 0.717) is 22.0 Å². The molecular weight excluding hydrogens is 442 g/mol. The van der Waals surface area contributed by atoms with Crippen LogP contribution in [-0.4, -0.2) is 39.2 Å². The Balaban J connectivity index is 1.90. The van der Waals surface area contributed by atoms with E-state index in [1.165, 1.54) is 6.21 Å². The number of hydrogen-bond donors (Lipinski definition) is 2. The van der Waals surface area contributed by atoms with Gasteiger partial charge in [-0.05, 0) is 35.9 Å². The monoisotopic (exact) mass is 461 g/mol. The SMILES string of the molecule is CS(=O)(=O)N(CCC#N)c1ccc(/C=N\NC(=O)CC(=O)Nc2cccc(Cl)c2)cc1. The lowest BCUT2D eigenvalue weighted by atomic mass is 10.2. The van der Waals surface area contributed by atoms with E-state index in [0.717, 1.165) is 10.6 Å². The smallest absolute Gasteiger partial charge is 0.249 e. The van der Waals surface area contributed by atoms with Gasteiger partial charge in [-0.25, -0.2) is 13.8 Å². The number of hydrogen-bond acceptors (Lipinski definition) is 6. The molecule has 0 radical (unpaired) electrons. The highest BCUT2D eigenvalue weighted by Gasteiger charge is 2.16. The zero-order valence-corrected chi connectivity index (χ0v) is 18.2. The summed E-state index contributed by atoms with van der Waals surface area (Å²) >= 11 is 5.84. The highest BCUT2D eigenvalue weighted by molar-refractivity contribution is 7.92. The number of carbonyl (C=O) groups is 2. The molecule has 0 unspecified atom stereocenters. The molecule has 2 rings (SSSR count). The van der Waals surface area contributed by atoms with Crippen LogP contribution in [0.3, 0.4) is 0 Å². The second-order valence-corrected chi connectivity index (χ2v) is 8.71. The Kier molecular flexibility index (Phi) is 8.54. The van der Waals surface area contributed by atoms with Crippen LogP contribution in [0.15, 0.2) is 53.6 Å². The lowest BCUT2D eigenvalue weighted by Gasteiger charge is -2.21. The standard InChI is InChI=1S/C20H20ClN5O4S/c1-31(29,30)26(11-3-10-22)18-8-6-15(7-9-18)14-23-25-20(28)13-19(27)24-17-5-2-4-16(21)12-17/h2,4-9,12,14H,3,11,13H2,1H3,(H,24,27)(H,25,28)/b23-14-. The van der Waals surface area contributed by atoms with Gasteiger partial charge in [0.2, 0.25) is 21.8 Å². The molecule has 0 heterocycles. The van der Waals surface area contributed by atoms with Crippen LogP contribution >= 0.6 is 11.6 Å². The van der Waals surface area contributed by atoms with Crippen LogP contribution in [0.5, 0.6) is 0 Å². The second kappa shape index (κ2) is 11.1. The zero-order chi connectivity index (χ0) is 22.9. The number of benzene rings is 2. The molecule has 0 aliphatic carbocycles. The second-order valence-electron chi connectivity index (χ2n) is 6.36. The summed E-state index contributed by atoms with van der Waals surface area (Å²) in [4.78, 5) is 23.7. The molecule has 0 atom stereocenters. The predicted molar refractivity (Wildman–Crippen MR) is 119 cm³/mol. The van der Waals surface area contributed by atoms with Crippen molar-refractivity contribution in [3.8, 4) is 6.07 Å². The molecule has 0 fully saturated rings. The maximum atomic E-state index is 11.9. The van der Waals surface area contributed by atoms with Crippen molar-refractivity contribution in [1.82, 2.24) is 5.43 Å². The number of hydrazone groups is 1. The Bertz CT molecular complexity index is 1110. The van der Waals surface area contributed by atoms with Gasteiger partial charge in [-0.2, -0.15) is 10.4 Å². The van der Waals surface area contributed by atoms with Gasteiger partial charge < -0.3 is 5.32 Å². The van der Waals surface area contributed by atoms with Crippen LogP contribution in [0.25, 0.3) is 0 Å². The average molecular weight is 462 g/mol. The Labute approximate surface area is 185 Å². The number of nitrogens with zero attached hydrogens (tertiary/aromatic N) is 3. The van der Waals surface area contributed by atoms with Gasteiger partial charge in [-0.15, -0.1) is 0 Å². The number of sulfonamides is 1. The van der Waals surface area contributed by atoms with E-state index in [4.69, 9.17) is 16.9 Å². The minimum absolute atomic E-state index is 0.0517. The molecule has 2 N–H and O–H groups in total. The first-order valence-corrected chi connectivity index (χ1v) is 11.2. The van der Waals surface area contributed by atoms with Crippen molar-refractivity contribution < 1.29 is 18.0 Å². The first-order valence-electron chi connectivity index (χ1n) is 9.01. The van der Waals surface area contributed by atoms with Gasteiger partial charge in [0.1, 0.15) is 6.42 Å². The number of halogens is 1. The van der Waals surface area contributed by atoms with Gasteiger partial charge in [-0.3, -0.25) is 13.9 Å². The fraction of sp³-hybridized carbons (Fsp3) is 0.200. The maximum absolute atomic E-state index is 11.9. The Morgan fingerprint density at radius 1 is 1.19 bits per heavy atom. The van der Waals surface area contributed by atoms with Crippen molar-refractivity contribution >= 4 is 51.0 Å². The van der Waals surface area contributed by atoms with Crippen LogP contribution in [0.4, 0.5) is 11.4 Å². The Morgan fingerprint density at radius 3 is 2.52 bits per heavy atom. The summed E-state index contributed by atoms with van der Waals surface area (Å²) in [7, 11) is -3.52. The summed E-state index contributed by atoms with van der Waals surface area (Å²) in [5.74, 6) is -1.12. The van der Waals surface area contributed by atoms with Crippen molar-refractivity contribution in [2.45, 2.75) is 12.8 Å². The summed E-state index contributed by atoms with van der Waals surface area (Å²) in [5, 5.41) is 15.5. The Hall–Kier alpha value is -3.42. The number of rotatable bonds is 9. The van der Waals surface area contributed by atoms with E-state index in [9.17, 15) is 18.0 Å². The molecule has 2 aromatic carbocycles. The minimum Gasteiger partial charge on any atom is -0.326 e. The van der Waals surface area contributed by atoms with Crippen LogP contribution in [-0.2, 0) is 19.6 Å². The molecule has 31 heavy (non-hydrogen) atoms. The summed E-state index contributed by atoms with van der Waals surface area (Å²) in [5.41, 5.74) is 3.74.